The Labute approximate surface area is 210 Å². The maximum absolute atomic E-state index is 13.2. The van der Waals surface area contributed by atoms with Gasteiger partial charge >= 0.3 is 0 Å². The first kappa shape index (κ1) is 26.1. The average Bonchev–Trinajstić information content (AvgIpc) is 3.04. The van der Waals surface area contributed by atoms with Gasteiger partial charge in [0.2, 0.25) is 0 Å². The molecule has 6 nitrogen and oxygen atoms in total. The van der Waals surface area contributed by atoms with Crippen LogP contribution in [-0.4, -0.2) is 58.9 Å². The molecule has 1 fully saturated rings. The lowest BCUT2D eigenvalue weighted by molar-refractivity contribution is -0.140. The van der Waals surface area contributed by atoms with Crippen LogP contribution in [0.25, 0.3) is 5.76 Å². The number of rotatable bonds is 9. The third-order valence-corrected chi connectivity index (χ3v) is 6.41. The Morgan fingerprint density at radius 3 is 2.29 bits per heavy atom. The van der Waals surface area contributed by atoms with E-state index in [9.17, 15) is 14.7 Å². The fourth-order valence-corrected chi connectivity index (χ4v) is 4.58. The predicted octanol–water partition coefficient (Wildman–Crippen LogP) is 5.54. The third-order valence-electron chi connectivity index (χ3n) is 5.85. The first-order valence-electron chi connectivity index (χ1n) is 11.4. The van der Waals surface area contributed by atoms with Crippen molar-refractivity contribution < 1.29 is 19.4 Å². The number of ether oxygens (including phenoxy) is 1. The molecule has 0 spiro atoms. The minimum atomic E-state index is -0.827. The molecule has 182 valence electrons. The van der Waals surface area contributed by atoms with Crippen molar-refractivity contribution in [1.29, 1.82) is 0 Å². The van der Waals surface area contributed by atoms with E-state index < -0.39 is 17.7 Å². The molecule has 0 aliphatic carbocycles. The summed E-state index contributed by atoms with van der Waals surface area (Å²) in [6, 6.07) is 10.9. The molecule has 1 amide bonds. The molecule has 8 heteroatoms. The number of carbonyl (C=O) groups is 2. The minimum absolute atomic E-state index is 0.00243. The van der Waals surface area contributed by atoms with Gasteiger partial charge in [0.1, 0.15) is 11.5 Å². The number of carbonyl (C=O) groups excluding carboxylic acids is 2. The van der Waals surface area contributed by atoms with Crippen molar-refractivity contribution in [2.24, 2.45) is 0 Å². The number of ketones is 1. The van der Waals surface area contributed by atoms with Gasteiger partial charge in [0.05, 0.1) is 17.7 Å². The molecule has 1 unspecified atom stereocenters. The summed E-state index contributed by atoms with van der Waals surface area (Å²) in [5, 5.41) is 12.0. The fraction of sp³-hybridized carbons (Fsp3) is 0.385. The molecule has 1 heterocycles. The second kappa shape index (κ2) is 11.3. The predicted molar refractivity (Wildman–Crippen MR) is 135 cm³/mol. The zero-order chi connectivity index (χ0) is 25.0. The third kappa shape index (κ3) is 5.57. The van der Waals surface area contributed by atoms with Crippen molar-refractivity contribution >= 4 is 40.7 Å². The van der Waals surface area contributed by atoms with Crippen LogP contribution in [0.1, 0.15) is 44.9 Å². The maximum atomic E-state index is 13.2. The molecular formula is C26H30Cl2N2O4. The Bertz CT molecular complexity index is 1080. The Morgan fingerprint density at radius 2 is 1.74 bits per heavy atom. The van der Waals surface area contributed by atoms with E-state index >= 15 is 0 Å². The van der Waals surface area contributed by atoms with Crippen LogP contribution >= 0.6 is 23.2 Å². The highest BCUT2D eigenvalue weighted by Gasteiger charge is 2.46. The van der Waals surface area contributed by atoms with Crippen molar-refractivity contribution in [1.82, 2.24) is 9.80 Å². The summed E-state index contributed by atoms with van der Waals surface area (Å²) in [5.74, 6) is -1.01. The molecule has 1 atom stereocenters. The highest BCUT2D eigenvalue weighted by molar-refractivity contribution is 6.47. The summed E-state index contributed by atoms with van der Waals surface area (Å²) in [6.07, 6.45) is 0.00243. The smallest absolute Gasteiger partial charge is 0.295 e. The largest absolute Gasteiger partial charge is 0.507 e. The Hall–Kier alpha value is -2.54. The average molecular weight is 505 g/mol. The van der Waals surface area contributed by atoms with E-state index in [1.165, 1.54) is 4.90 Å². The first-order chi connectivity index (χ1) is 16.2. The topological polar surface area (TPSA) is 70.1 Å². The molecule has 34 heavy (non-hydrogen) atoms. The molecule has 2 aromatic carbocycles. The molecule has 1 aliphatic heterocycles. The maximum Gasteiger partial charge on any atom is 0.295 e. The summed E-state index contributed by atoms with van der Waals surface area (Å²) in [6.45, 7) is 10.5. The molecule has 1 N–H and O–H groups in total. The SMILES string of the molecule is CCN(CC)CCN1C(=O)C(=O)C(=C(O)c2ccc(OC(C)C)cc2)C1c1ccc(Cl)cc1Cl. The molecule has 3 rings (SSSR count). The Kier molecular flexibility index (Phi) is 8.63. The van der Waals surface area contributed by atoms with Gasteiger partial charge in [-0.05, 0) is 68.9 Å². The highest BCUT2D eigenvalue weighted by Crippen LogP contribution is 2.42. The summed E-state index contributed by atoms with van der Waals surface area (Å²) in [5.41, 5.74) is 0.949. The number of amides is 1. The number of likely N-dealkylation sites (tertiary alicyclic amines) is 1. The van der Waals surface area contributed by atoms with Crippen LogP contribution in [0.15, 0.2) is 48.0 Å². The van der Waals surface area contributed by atoms with Crippen molar-refractivity contribution in [3.8, 4) is 5.75 Å². The van der Waals surface area contributed by atoms with Crippen LogP contribution in [0.2, 0.25) is 10.0 Å². The van der Waals surface area contributed by atoms with Crippen LogP contribution in [-0.2, 0) is 9.59 Å². The Morgan fingerprint density at radius 1 is 1.09 bits per heavy atom. The van der Waals surface area contributed by atoms with Gasteiger partial charge < -0.3 is 19.6 Å². The van der Waals surface area contributed by atoms with Gasteiger partial charge in [-0.1, -0.05) is 43.1 Å². The van der Waals surface area contributed by atoms with Crippen molar-refractivity contribution in [3.05, 3.63) is 69.2 Å². The van der Waals surface area contributed by atoms with E-state index in [-0.39, 0.29) is 17.4 Å². The second-order valence-electron chi connectivity index (χ2n) is 8.38. The summed E-state index contributed by atoms with van der Waals surface area (Å²) in [4.78, 5) is 29.9. The van der Waals surface area contributed by atoms with E-state index in [1.54, 1.807) is 42.5 Å². The number of hydrogen-bond donors (Lipinski definition) is 1. The molecule has 2 aromatic rings. The van der Waals surface area contributed by atoms with E-state index in [4.69, 9.17) is 27.9 Å². The number of halogens is 2. The van der Waals surface area contributed by atoms with E-state index in [0.29, 0.717) is 40.0 Å². The molecule has 1 saturated heterocycles. The van der Waals surface area contributed by atoms with Crippen molar-refractivity contribution in [2.45, 2.75) is 39.8 Å². The summed E-state index contributed by atoms with van der Waals surface area (Å²) in [7, 11) is 0. The van der Waals surface area contributed by atoms with Crippen molar-refractivity contribution in [3.63, 3.8) is 0 Å². The number of nitrogens with zero attached hydrogens (tertiary/aromatic N) is 2. The van der Waals surface area contributed by atoms with Crippen LogP contribution in [0, 0.1) is 0 Å². The number of hydrogen-bond acceptors (Lipinski definition) is 5. The number of likely N-dealkylation sites (N-methyl/N-ethyl adjacent to an activating group) is 1. The quantitative estimate of drug-likeness (QED) is 0.275. The Balaban J connectivity index is 2.09. The van der Waals surface area contributed by atoms with Gasteiger partial charge in [0, 0.05) is 28.7 Å². The molecule has 0 saturated carbocycles. The van der Waals surface area contributed by atoms with Gasteiger partial charge in [0.15, 0.2) is 0 Å². The van der Waals surface area contributed by atoms with Crippen LogP contribution < -0.4 is 4.74 Å². The number of benzene rings is 2. The fourth-order valence-electron chi connectivity index (χ4n) is 4.07. The van der Waals surface area contributed by atoms with Gasteiger partial charge in [0.25, 0.3) is 11.7 Å². The number of aliphatic hydroxyl groups excluding tert-OH is 1. The van der Waals surface area contributed by atoms with E-state index in [0.717, 1.165) is 13.1 Å². The summed E-state index contributed by atoms with van der Waals surface area (Å²) >= 11 is 12.6. The molecule has 0 aromatic heterocycles. The van der Waals surface area contributed by atoms with Gasteiger partial charge in [-0.15, -0.1) is 0 Å². The number of Topliss-reactive ketones (excluding diaryl/α,β-unsaturated/α-hetero) is 1. The monoisotopic (exact) mass is 504 g/mol. The lowest BCUT2D eigenvalue weighted by atomic mass is 9.95. The molecule has 0 radical (unpaired) electrons. The lowest BCUT2D eigenvalue weighted by Gasteiger charge is -2.28. The molecular weight excluding hydrogens is 475 g/mol. The normalized spacial score (nSPS) is 17.8. The van der Waals surface area contributed by atoms with Crippen LogP contribution in [0.5, 0.6) is 5.75 Å². The van der Waals surface area contributed by atoms with Crippen molar-refractivity contribution in [2.75, 3.05) is 26.2 Å². The van der Waals surface area contributed by atoms with Gasteiger partial charge in [-0.2, -0.15) is 0 Å². The second-order valence-corrected chi connectivity index (χ2v) is 9.22. The van der Waals surface area contributed by atoms with Gasteiger partial charge in [-0.25, -0.2) is 0 Å². The minimum Gasteiger partial charge on any atom is -0.507 e. The standard InChI is InChI=1S/C26H30Cl2N2O4/c1-5-29(6-2)13-14-30-23(20-12-9-18(27)15-21(20)28)22(25(32)26(30)33)24(31)17-7-10-19(11-8-17)34-16(3)4/h7-12,15-16,23,31H,5-6,13-14H2,1-4H3. The summed E-state index contributed by atoms with van der Waals surface area (Å²) < 4.78 is 5.66. The van der Waals surface area contributed by atoms with Crippen LogP contribution in [0.4, 0.5) is 0 Å². The zero-order valence-corrected chi connectivity index (χ0v) is 21.4. The van der Waals surface area contributed by atoms with Gasteiger partial charge in [-0.3, -0.25) is 9.59 Å². The van der Waals surface area contributed by atoms with Crippen LogP contribution in [0.3, 0.4) is 0 Å². The number of aliphatic hydroxyl groups is 1. The molecule has 0 bridgehead atoms. The van der Waals surface area contributed by atoms with E-state index in [2.05, 4.69) is 4.90 Å². The highest BCUT2D eigenvalue weighted by atomic mass is 35.5. The lowest BCUT2D eigenvalue weighted by Crippen LogP contribution is -2.38. The molecule has 1 aliphatic rings. The van der Waals surface area contributed by atoms with E-state index in [1.807, 2.05) is 27.7 Å². The zero-order valence-electron chi connectivity index (χ0n) is 19.8. The first-order valence-corrected chi connectivity index (χ1v) is 12.2.